The molecule has 33 heavy (non-hydrogen) atoms. The van der Waals surface area contributed by atoms with Gasteiger partial charge in [0.1, 0.15) is 0 Å². The minimum absolute atomic E-state index is 0.266. The van der Waals surface area contributed by atoms with Gasteiger partial charge in [0.25, 0.3) is 0 Å². The average Bonchev–Trinajstić information content (AvgIpc) is 2.88. The minimum atomic E-state index is 0.266. The number of carbonyl (C=O) groups excluding carboxylic acids is 1. The molecule has 1 N–H and O–H groups in total. The van der Waals surface area contributed by atoms with Crippen LogP contribution in [0.15, 0.2) is 30.3 Å². The van der Waals surface area contributed by atoms with Crippen molar-refractivity contribution in [3.8, 4) is 0 Å². The van der Waals surface area contributed by atoms with Gasteiger partial charge in [-0.15, -0.1) is 0 Å². The van der Waals surface area contributed by atoms with Gasteiger partial charge >= 0.3 is 0 Å². The van der Waals surface area contributed by atoms with Crippen molar-refractivity contribution in [2.75, 3.05) is 66.1 Å². The maximum Gasteiger partial charge on any atom is 0.223 e. The lowest BCUT2D eigenvalue weighted by atomic mass is 9.88. The Kier molecular flexibility index (Phi) is 9.59. The number of carbonyl (C=O) groups is 1. The lowest BCUT2D eigenvalue weighted by Gasteiger charge is -2.42. The van der Waals surface area contributed by atoms with E-state index >= 15 is 0 Å². The molecule has 3 fully saturated rings. The fraction of sp³-hybridized carbons (Fsp3) is 0.741. The van der Waals surface area contributed by atoms with Crippen LogP contribution in [-0.4, -0.2) is 92.7 Å². The molecular weight excluding hydrogens is 412 g/mol. The van der Waals surface area contributed by atoms with E-state index in [-0.39, 0.29) is 5.92 Å². The molecule has 2 aliphatic heterocycles. The van der Waals surface area contributed by atoms with Crippen LogP contribution in [0.1, 0.15) is 56.6 Å². The Balaban J connectivity index is 1.28. The third-order valence-electron chi connectivity index (χ3n) is 7.98. The van der Waals surface area contributed by atoms with Crippen LogP contribution in [0.5, 0.6) is 0 Å². The van der Waals surface area contributed by atoms with Crippen LogP contribution in [0.3, 0.4) is 0 Å². The molecule has 1 saturated carbocycles. The van der Waals surface area contributed by atoms with Crippen LogP contribution >= 0.6 is 0 Å². The van der Waals surface area contributed by atoms with Crippen LogP contribution in [0.4, 0.5) is 0 Å². The number of piperazine rings is 1. The number of hydrogen-bond acceptors (Lipinski definition) is 5. The molecule has 3 aliphatic rings. The minimum Gasteiger partial charge on any atom is -0.383 e. The highest BCUT2D eigenvalue weighted by Crippen LogP contribution is 2.26. The molecule has 1 aromatic rings. The highest BCUT2D eigenvalue weighted by Gasteiger charge is 2.30. The number of benzene rings is 1. The van der Waals surface area contributed by atoms with Crippen molar-refractivity contribution in [3.63, 3.8) is 0 Å². The maximum absolute atomic E-state index is 12.7. The molecule has 6 nitrogen and oxygen atoms in total. The summed E-state index contributed by atoms with van der Waals surface area (Å²) in [4.78, 5) is 20.5. The normalized spacial score (nSPS) is 23.4. The number of amides is 1. The number of nitrogens with zero attached hydrogens (tertiary/aromatic N) is 3. The van der Waals surface area contributed by atoms with Crippen molar-refractivity contribution in [3.05, 3.63) is 35.9 Å². The van der Waals surface area contributed by atoms with Gasteiger partial charge in [0, 0.05) is 77.5 Å². The van der Waals surface area contributed by atoms with E-state index < -0.39 is 0 Å². The van der Waals surface area contributed by atoms with Gasteiger partial charge in [-0.1, -0.05) is 49.6 Å². The van der Waals surface area contributed by atoms with E-state index in [1.165, 1.54) is 24.8 Å². The van der Waals surface area contributed by atoms with Crippen molar-refractivity contribution in [2.24, 2.45) is 5.92 Å². The highest BCUT2D eigenvalue weighted by molar-refractivity contribution is 5.79. The first-order valence-corrected chi connectivity index (χ1v) is 13.3. The molecule has 4 rings (SSSR count). The Morgan fingerprint density at radius 2 is 1.64 bits per heavy atom. The predicted octanol–water partition coefficient (Wildman–Crippen LogP) is 3.15. The van der Waals surface area contributed by atoms with Gasteiger partial charge in [-0.05, 0) is 31.2 Å². The number of methoxy groups -OCH3 is 1. The second kappa shape index (κ2) is 12.8. The smallest absolute Gasteiger partial charge is 0.223 e. The van der Waals surface area contributed by atoms with Crippen LogP contribution < -0.4 is 5.32 Å². The third kappa shape index (κ3) is 7.25. The zero-order chi connectivity index (χ0) is 22.9. The molecule has 184 valence electrons. The molecule has 2 saturated heterocycles. The summed E-state index contributed by atoms with van der Waals surface area (Å²) in [6, 6.07) is 11.8. The van der Waals surface area contributed by atoms with E-state index in [1.807, 2.05) is 0 Å². The summed E-state index contributed by atoms with van der Waals surface area (Å²) in [7, 11) is 1.78. The zero-order valence-electron chi connectivity index (χ0n) is 20.6. The van der Waals surface area contributed by atoms with Crippen LogP contribution in [-0.2, 0) is 9.53 Å². The summed E-state index contributed by atoms with van der Waals surface area (Å²) in [5, 5.41) is 3.39. The Hall–Kier alpha value is -1.47. The standard InChI is InChI=1S/C27H44N4O2/c1-33-21-20-29-16-18-31(19-17-29)26(23-8-4-2-5-9-23)22-30-14-12-25(13-15-30)28-27(32)24-10-6-3-7-11-24/h2,4-5,8-9,24-26H,3,6-7,10-22H2,1H3,(H,28,32). The molecule has 1 aliphatic carbocycles. The van der Waals surface area contributed by atoms with Gasteiger partial charge in [-0.25, -0.2) is 0 Å². The average molecular weight is 457 g/mol. The molecule has 6 heteroatoms. The van der Waals surface area contributed by atoms with Crippen molar-refractivity contribution in [1.29, 1.82) is 0 Å². The monoisotopic (exact) mass is 456 g/mol. The Labute approximate surface area is 200 Å². The fourth-order valence-electron chi connectivity index (χ4n) is 5.81. The summed E-state index contributed by atoms with van der Waals surface area (Å²) < 4.78 is 5.27. The lowest BCUT2D eigenvalue weighted by molar-refractivity contribution is -0.127. The summed E-state index contributed by atoms with van der Waals surface area (Å²) in [5.41, 5.74) is 1.43. The first kappa shape index (κ1) is 24.6. The van der Waals surface area contributed by atoms with E-state index in [0.717, 1.165) is 84.6 Å². The zero-order valence-corrected chi connectivity index (χ0v) is 20.6. The Bertz CT molecular complexity index is 693. The summed E-state index contributed by atoms with van der Waals surface area (Å²) in [6.45, 7) is 9.51. The molecule has 0 spiro atoms. The van der Waals surface area contributed by atoms with E-state index in [4.69, 9.17) is 4.74 Å². The second-order valence-corrected chi connectivity index (χ2v) is 10.2. The molecule has 1 aromatic carbocycles. The van der Waals surface area contributed by atoms with Crippen molar-refractivity contribution in [1.82, 2.24) is 20.0 Å². The topological polar surface area (TPSA) is 48.1 Å². The van der Waals surface area contributed by atoms with Crippen molar-refractivity contribution >= 4 is 5.91 Å². The number of hydrogen-bond donors (Lipinski definition) is 1. The molecule has 1 unspecified atom stereocenters. The van der Waals surface area contributed by atoms with Crippen molar-refractivity contribution in [2.45, 2.75) is 57.0 Å². The molecule has 0 bridgehead atoms. The Morgan fingerprint density at radius 3 is 2.30 bits per heavy atom. The van der Waals surface area contributed by atoms with E-state index in [9.17, 15) is 4.79 Å². The maximum atomic E-state index is 12.7. The lowest BCUT2D eigenvalue weighted by Crippen LogP contribution is -2.52. The third-order valence-corrected chi connectivity index (χ3v) is 7.98. The summed E-state index contributed by atoms with van der Waals surface area (Å²) in [5.74, 6) is 0.587. The van der Waals surface area contributed by atoms with E-state index in [2.05, 4.69) is 50.3 Å². The number of nitrogens with one attached hydrogen (secondary N) is 1. The van der Waals surface area contributed by atoms with Gasteiger partial charge in [-0.3, -0.25) is 14.6 Å². The SMILES string of the molecule is COCCN1CCN(C(CN2CCC(NC(=O)C3CCCCC3)CC2)c2ccccc2)CC1. The van der Waals surface area contributed by atoms with Crippen LogP contribution in [0, 0.1) is 5.92 Å². The first-order chi connectivity index (χ1) is 16.2. The number of piperidine rings is 1. The molecule has 2 heterocycles. The quantitative estimate of drug-likeness (QED) is 0.619. The Morgan fingerprint density at radius 1 is 0.939 bits per heavy atom. The molecule has 0 aromatic heterocycles. The van der Waals surface area contributed by atoms with E-state index in [0.29, 0.717) is 18.0 Å². The molecular formula is C27H44N4O2. The van der Waals surface area contributed by atoms with Crippen molar-refractivity contribution < 1.29 is 9.53 Å². The van der Waals surface area contributed by atoms with Crippen LogP contribution in [0.25, 0.3) is 0 Å². The van der Waals surface area contributed by atoms with Gasteiger partial charge in [0.2, 0.25) is 5.91 Å². The summed E-state index contributed by atoms with van der Waals surface area (Å²) in [6.07, 6.45) is 8.06. The predicted molar refractivity (Wildman–Crippen MR) is 133 cm³/mol. The van der Waals surface area contributed by atoms with Gasteiger partial charge in [0.05, 0.1) is 6.61 Å². The summed E-state index contributed by atoms with van der Waals surface area (Å²) >= 11 is 0. The van der Waals surface area contributed by atoms with Gasteiger partial charge in [-0.2, -0.15) is 0 Å². The highest BCUT2D eigenvalue weighted by atomic mass is 16.5. The van der Waals surface area contributed by atoms with E-state index in [1.54, 1.807) is 7.11 Å². The molecule has 1 atom stereocenters. The fourth-order valence-corrected chi connectivity index (χ4v) is 5.81. The molecule has 1 amide bonds. The second-order valence-electron chi connectivity index (χ2n) is 10.2. The first-order valence-electron chi connectivity index (χ1n) is 13.3. The largest absolute Gasteiger partial charge is 0.383 e. The molecule has 0 radical (unpaired) electrons. The van der Waals surface area contributed by atoms with Crippen LogP contribution in [0.2, 0.25) is 0 Å². The van der Waals surface area contributed by atoms with Gasteiger partial charge < -0.3 is 15.0 Å². The number of ether oxygens (including phenoxy) is 1. The van der Waals surface area contributed by atoms with Gasteiger partial charge in [0.15, 0.2) is 0 Å². The number of likely N-dealkylation sites (tertiary alicyclic amines) is 1. The number of rotatable bonds is 9.